The lowest BCUT2D eigenvalue weighted by atomic mass is 10.2. The zero-order valence-electron chi connectivity index (χ0n) is 18.5. The van der Waals surface area contributed by atoms with Crippen molar-refractivity contribution in [2.45, 2.75) is 23.8 Å². The van der Waals surface area contributed by atoms with Gasteiger partial charge in [0.25, 0.3) is 5.91 Å². The minimum absolute atomic E-state index is 0.0825. The molecule has 1 unspecified atom stereocenters. The van der Waals surface area contributed by atoms with Crippen LogP contribution in [-0.4, -0.2) is 64.1 Å². The van der Waals surface area contributed by atoms with Crippen LogP contribution in [0.1, 0.15) is 23.2 Å². The molecular formula is C22H25N3O6S2. The van der Waals surface area contributed by atoms with Crippen molar-refractivity contribution in [3.05, 3.63) is 42.0 Å². The van der Waals surface area contributed by atoms with Gasteiger partial charge in [-0.2, -0.15) is 4.31 Å². The summed E-state index contributed by atoms with van der Waals surface area (Å²) in [4.78, 5) is 17.3. The molecule has 0 saturated carbocycles. The van der Waals surface area contributed by atoms with Gasteiger partial charge in [-0.1, -0.05) is 11.3 Å². The largest absolute Gasteiger partial charge is 0.495 e. The molecule has 0 spiro atoms. The molecule has 1 saturated heterocycles. The monoisotopic (exact) mass is 491 g/mol. The molecule has 1 amide bonds. The van der Waals surface area contributed by atoms with Gasteiger partial charge in [-0.25, -0.2) is 13.4 Å². The van der Waals surface area contributed by atoms with Crippen LogP contribution in [0.2, 0.25) is 0 Å². The summed E-state index contributed by atoms with van der Waals surface area (Å²) in [5.41, 5.74) is 0.904. The number of aromatic nitrogens is 1. The van der Waals surface area contributed by atoms with E-state index in [1.54, 1.807) is 26.4 Å². The number of amides is 1. The van der Waals surface area contributed by atoms with Gasteiger partial charge in [-0.05, 0) is 49.2 Å². The number of likely N-dealkylation sites (N-methyl/N-ethyl adjacent to an activating group) is 1. The van der Waals surface area contributed by atoms with E-state index in [-0.39, 0.29) is 11.0 Å². The molecule has 1 aromatic heterocycles. The van der Waals surface area contributed by atoms with Crippen molar-refractivity contribution < 1.29 is 27.4 Å². The zero-order chi connectivity index (χ0) is 23.6. The van der Waals surface area contributed by atoms with E-state index in [1.807, 2.05) is 0 Å². The maximum Gasteiger partial charge on any atom is 0.257 e. The van der Waals surface area contributed by atoms with E-state index in [1.165, 1.54) is 47.0 Å². The number of anilines is 1. The van der Waals surface area contributed by atoms with Crippen LogP contribution in [0.5, 0.6) is 11.5 Å². The standard InChI is InChI=1S/C22H25N3O6S2/c1-25(13-15-5-4-12-31-15)33(27,28)16-8-6-14(7-9-16)21(26)24-22-23-19-17(29-2)10-11-18(30-3)20(19)32-22/h6-11,15H,4-5,12-13H2,1-3H3,(H,23,24,26). The molecule has 2 heterocycles. The van der Waals surface area contributed by atoms with Crippen LogP contribution < -0.4 is 14.8 Å². The third-order valence-electron chi connectivity index (χ3n) is 5.44. The van der Waals surface area contributed by atoms with Crippen molar-refractivity contribution in [3.8, 4) is 11.5 Å². The molecule has 3 aromatic rings. The third kappa shape index (κ3) is 4.81. The van der Waals surface area contributed by atoms with Crippen LogP contribution in [0.4, 0.5) is 5.13 Å². The van der Waals surface area contributed by atoms with E-state index >= 15 is 0 Å². The summed E-state index contributed by atoms with van der Waals surface area (Å²) in [6.45, 7) is 0.964. The van der Waals surface area contributed by atoms with Crippen LogP contribution in [0.25, 0.3) is 10.2 Å². The second kappa shape index (κ2) is 9.64. The maximum atomic E-state index is 12.9. The SMILES string of the molecule is COc1ccc(OC)c2sc(NC(=O)c3ccc(S(=O)(=O)N(C)CC4CCCO4)cc3)nc12. The van der Waals surface area contributed by atoms with Crippen molar-refractivity contribution in [1.29, 1.82) is 0 Å². The quantitative estimate of drug-likeness (QED) is 0.515. The molecule has 33 heavy (non-hydrogen) atoms. The minimum Gasteiger partial charge on any atom is -0.495 e. The number of thiazole rings is 1. The average Bonchev–Trinajstić information content (AvgIpc) is 3.48. The van der Waals surface area contributed by atoms with Gasteiger partial charge in [-0.15, -0.1) is 0 Å². The van der Waals surface area contributed by atoms with E-state index in [0.29, 0.717) is 40.9 Å². The number of ether oxygens (including phenoxy) is 3. The average molecular weight is 492 g/mol. The first kappa shape index (κ1) is 23.4. The lowest BCUT2D eigenvalue weighted by molar-refractivity contribution is 0.0979. The number of hydrogen-bond donors (Lipinski definition) is 1. The zero-order valence-corrected chi connectivity index (χ0v) is 20.2. The molecule has 2 aromatic carbocycles. The predicted molar refractivity (Wildman–Crippen MR) is 126 cm³/mol. The molecule has 1 fully saturated rings. The van der Waals surface area contributed by atoms with E-state index < -0.39 is 15.9 Å². The van der Waals surface area contributed by atoms with Gasteiger partial charge in [0.15, 0.2) is 5.13 Å². The topological polar surface area (TPSA) is 107 Å². The molecule has 0 aliphatic carbocycles. The number of nitrogens with one attached hydrogen (secondary N) is 1. The van der Waals surface area contributed by atoms with Gasteiger partial charge in [0, 0.05) is 25.8 Å². The highest BCUT2D eigenvalue weighted by molar-refractivity contribution is 7.89. The normalized spacial score (nSPS) is 16.3. The fourth-order valence-corrected chi connectivity index (χ4v) is 5.81. The lowest BCUT2D eigenvalue weighted by Gasteiger charge is -2.20. The minimum atomic E-state index is -3.68. The van der Waals surface area contributed by atoms with E-state index in [2.05, 4.69) is 10.3 Å². The van der Waals surface area contributed by atoms with Crippen LogP contribution in [-0.2, 0) is 14.8 Å². The molecule has 176 valence electrons. The number of rotatable bonds is 8. The van der Waals surface area contributed by atoms with E-state index in [9.17, 15) is 13.2 Å². The van der Waals surface area contributed by atoms with Gasteiger partial charge < -0.3 is 14.2 Å². The predicted octanol–water partition coefficient (Wildman–Crippen LogP) is 3.37. The number of benzene rings is 2. The summed E-state index contributed by atoms with van der Waals surface area (Å²) in [7, 11) is 0.969. The van der Waals surface area contributed by atoms with Crippen molar-refractivity contribution in [2.75, 3.05) is 39.7 Å². The fourth-order valence-electron chi connectivity index (χ4n) is 3.64. The first-order chi connectivity index (χ1) is 15.8. The Balaban J connectivity index is 1.49. The van der Waals surface area contributed by atoms with Gasteiger partial charge in [0.05, 0.1) is 25.2 Å². The molecule has 9 nitrogen and oxygen atoms in total. The van der Waals surface area contributed by atoms with Crippen molar-refractivity contribution in [2.24, 2.45) is 0 Å². The number of methoxy groups -OCH3 is 2. The smallest absolute Gasteiger partial charge is 0.257 e. The van der Waals surface area contributed by atoms with Crippen molar-refractivity contribution >= 4 is 42.6 Å². The maximum absolute atomic E-state index is 12.9. The molecule has 4 rings (SSSR count). The van der Waals surface area contributed by atoms with E-state index in [4.69, 9.17) is 14.2 Å². The Morgan fingerprint density at radius 2 is 1.88 bits per heavy atom. The first-order valence-corrected chi connectivity index (χ1v) is 12.6. The Labute approximate surface area is 196 Å². The van der Waals surface area contributed by atoms with Crippen molar-refractivity contribution in [1.82, 2.24) is 9.29 Å². The number of nitrogens with zero attached hydrogens (tertiary/aromatic N) is 2. The fraction of sp³-hybridized carbons (Fsp3) is 0.364. The number of hydrogen-bond acceptors (Lipinski definition) is 8. The Morgan fingerprint density at radius 3 is 2.52 bits per heavy atom. The lowest BCUT2D eigenvalue weighted by Crippen LogP contribution is -2.34. The Morgan fingerprint density at radius 1 is 1.18 bits per heavy atom. The van der Waals surface area contributed by atoms with Crippen LogP contribution in [0.3, 0.4) is 0 Å². The summed E-state index contributed by atoms with van der Waals surface area (Å²) in [6, 6.07) is 9.36. The molecule has 1 aliphatic rings. The summed E-state index contributed by atoms with van der Waals surface area (Å²) in [6.07, 6.45) is 1.71. The Bertz CT molecular complexity index is 1210. The molecule has 1 atom stereocenters. The summed E-state index contributed by atoms with van der Waals surface area (Å²) in [5.74, 6) is 0.804. The molecule has 11 heteroatoms. The highest BCUT2D eigenvalue weighted by atomic mass is 32.2. The highest BCUT2D eigenvalue weighted by Crippen LogP contribution is 2.38. The number of carbonyl (C=O) groups excluding carboxylic acids is 1. The number of sulfonamides is 1. The number of carbonyl (C=O) groups is 1. The molecular weight excluding hydrogens is 466 g/mol. The van der Waals surface area contributed by atoms with E-state index in [0.717, 1.165) is 17.5 Å². The van der Waals surface area contributed by atoms with Gasteiger partial charge >= 0.3 is 0 Å². The van der Waals surface area contributed by atoms with Gasteiger partial charge in [0.1, 0.15) is 21.7 Å². The van der Waals surface area contributed by atoms with Gasteiger partial charge in [0.2, 0.25) is 10.0 Å². The van der Waals surface area contributed by atoms with Crippen molar-refractivity contribution in [3.63, 3.8) is 0 Å². The van der Waals surface area contributed by atoms with Gasteiger partial charge in [-0.3, -0.25) is 10.1 Å². The van der Waals surface area contributed by atoms with Crippen LogP contribution in [0.15, 0.2) is 41.3 Å². The molecule has 0 bridgehead atoms. The first-order valence-electron chi connectivity index (χ1n) is 10.3. The summed E-state index contributed by atoms with van der Waals surface area (Å²) in [5, 5.41) is 3.14. The summed E-state index contributed by atoms with van der Waals surface area (Å²) >= 11 is 1.26. The van der Waals surface area contributed by atoms with Crippen LogP contribution >= 0.6 is 11.3 Å². The third-order valence-corrected chi connectivity index (χ3v) is 8.26. The molecule has 0 radical (unpaired) electrons. The number of fused-ring (bicyclic) bond motifs is 1. The Kier molecular flexibility index (Phi) is 6.84. The second-order valence-corrected chi connectivity index (χ2v) is 10.6. The highest BCUT2D eigenvalue weighted by Gasteiger charge is 2.26. The molecule has 1 aliphatic heterocycles. The molecule has 1 N–H and O–H groups in total. The summed E-state index contributed by atoms with van der Waals surface area (Å²) < 4.78 is 44.0. The Hall–Kier alpha value is -2.73. The van der Waals surface area contributed by atoms with Crippen LogP contribution in [0, 0.1) is 0 Å². The second-order valence-electron chi connectivity index (χ2n) is 7.57.